The number of carbonyl (C=O) groups is 1. The molecule has 1 N–H and O–H groups in total. The SMILES string of the molecule is O=C(c1ccccc1)c1c(-c2ccccc2)c2c(=O)n3c(nc2[nH]c1=O)CCC3. The Morgan fingerprint density at radius 1 is 0.966 bits per heavy atom. The van der Waals surface area contributed by atoms with Crippen LogP contribution in [0.3, 0.4) is 0 Å². The Hall–Kier alpha value is -3.80. The van der Waals surface area contributed by atoms with Crippen LogP contribution in [0.15, 0.2) is 70.3 Å². The van der Waals surface area contributed by atoms with Gasteiger partial charge in [-0.3, -0.25) is 19.0 Å². The molecule has 0 bridgehead atoms. The van der Waals surface area contributed by atoms with E-state index in [2.05, 4.69) is 9.97 Å². The standard InChI is InChI=1S/C23H17N3O3/c27-20(15-10-5-2-6-11-15)18-17(14-8-3-1-4-9-14)19-21(25-22(18)28)24-16-12-7-13-26(16)23(19)29/h1-6,8-11H,7,12-13H2,(H,25,28). The number of aromatic nitrogens is 3. The van der Waals surface area contributed by atoms with E-state index in [-0.39, 0.29) is 22.2 Å². The molecular formula is C23H17N3O3. The number of aryl methyl sites for hydroxylation is 1. The largest absolute Gasteiger partial charge is 0.306 e. The van der Waals surface area contributed by atoms with Crippen LogP contribution in [-0.4, -0.2) is 20.3 Å². The highest BCUT2D eigenvalue weighted by atomic mass is 16.1. The van der Waals surface area contributed by atoms with E-state index >= 15 is 0 Å². The van der Waals surface area contributed by atoms with E-state index in [0.717, 1.165) is 6.42 Å². The maximum Gasteiger partial charge on any atom is 0.263 e. The summed E-state index contributed by atoms with van der Waals surface area (Å²) in [5.41, 5.74) is 0.811. The number of pyridine rings is 1. The summed E-state index contributed by atoms with van der Waals surface area (Å²) in [6.45, 7) is 0.590. The van der Waals surface area contributed by atoms with E-state index in [1.807, 2.05) is 18.2 Å². The maximum atomic E-state index is 13.3. The average Bonchev–Trinajstić information content (AvgIpc) is 3.22. The van der Waals surface area contributed by atoms with Gasteiger partial charge in [-0.25, -0.2) is 4.98 Å². The van der Waals surface area contributed by atoms with Crippen molar-refractivity contribution in [3.8, 4) is 11.1 Å². The molecular weight excluding hydrogens is 366 g/mol. The summed E-state index contributed by atoms with van der Waals surface area (Å²) < 4.78 is 1.64. The minimum absolute atomic E-state index is 0.0349. The van der Waals surface area contributed by atoms with E-state index in [1.54, 1.807) is 47.0 Å². The normalized spacial score (nSPS) is 12.8. The van der Waals surface area contributed by atoms with Gasteiger partial charge in [0.25, 0.3) is 11.1 Å². The van der Waals surface area contributed by atoms with Crippen LogP contribution >= 0.6 is 0 Å². The molecule has 3 heterocycles. The number of ketones is 1. The smallest absolute Gasteiger partial charge is 0.263 e. The molecule has 5 rings (SSSR count). The minimum atomic E-state index is -0.542. The van der Waals surface area contributed by atoms with Crippen LogP contribution in [-0.2, 0) is 13.0 Å². The summed E-state index contributed by atoms with van der Waals surface area (Å²) in [6.07, 6.45) is 1.53. The van der Waals surface area contributed by atoms with Crippen LogP contribution in [0.25, 0.3) is 22.2 Å². The first-order valence-electron chi connectivity index (χ1n) is 9.50. The summed E-state index contributed by atoms with van der Waals surface area (Å²) in [4.78, 5) is 46.9. The minimum Gasteiger partial charge on any atom is -0.306 e. The van der Waals surface area contributed by atoms with Crippen LogP contribution in [0.2, 0.25) is 0 Å². The molecule has 0 amide bonds. The molecule has 0 saturated heterocycles. The lowest BCUT2D eigenvalue weighted by Crippen LogP contribution is -2.27. The Morgan fingerprint density at radius 3 is 2.38 bits per heavy atom. The summed E-state index contributed by atoms with van der Waals surface area (Å²) in [6, 6.07) is 17.7. The van der Waals surface area contributed by atoms with Crippen LogP contribution < -0.4 is 11.1 Å². The van der Waals surface area contributed by atoms with Crippen molar-refractivity contribution in [2.24, 2.45) is 0 Å². The third-order valence-corrected chi connectivity index (χ3v) is 5.31. The zero-order valence-corrected chi connectivity index (χ0v) is 15.5. The molecule has 6 nitrogen and oxygen atoms in total. The third kappa shape index (κ3) is 2.72. The Labute approximate surface area is 165 Å². The van der Waals surface area contributed by atoms with E-state index in [9.17, 15) is 14.4 Å². The monoisotopic (exact) mass is 383 g/mol. The summed E-state index contributed by atoms with van der Waals surface area (Å²) in [7, 11) is 0. The lowest BCUT2D eigenvalue weighted by molar-refractivity contribution is 0.103. The number of fused-ring (bicyclic) bond motifs is 2. The number of hydrogen-bond acceptors (Lipinski definition) is 4. The van der Waals surface area contributed by atoms with Gasteiger partial charge in [0, 0.05) is 24.1 Å². The average molecular weight is 383 g/mol. The third-order valence-electron chi connectivity index (χ3n) is 5.31. The first-order chi connectivity index (χ1) is 14.1. The predicted molar refractivity (Wildman–Crippen MR) is 110 cm³/mol. The van der Waals surface area contributed by atoms with Crippen molar-refractivity contribution >= 4 is 16.8 Å². The summed E-state index contributed by atoms with van der Waals surface area (Å²) in [5.74, 6) is 0.247. The topological polar surface area (TPSA) is 84.8 Å². The highest BCUT2D eigenvalue weighted by Crippen LogP contribution is 2.29. The Balaban J connectivity index is 1.93. The van der Waals surface area contributed by atoms with Gasteiger partial charge >= 0.3 is 0 Å². The van der Waals surface area contributed by atoms with Gasteiger partial charge in [-0.05, 0) is 12.0 Å². The number of carbonyl (C=O) groups excluding carboxylic acids is 1. The van der Waals surface area contributed by atoms with Crippen LogP contribution in [0.1, 0.15) is 28.2 Å². The van der Waals surface area contributed by atoms with Crippen molar-refractivity contribution < 1.29 is 4.79 Å². The first-order valence-corrected chi connectivity index (χ1v) is 9.50. The molecule has 4 aromatic rings. The van der Waals surface area contributed by atoms with Gasteiger partial charge in [-0.1, -0.05) is 60.7 Å². The van der Waals surface area contributed by atoms with E-state index in [1.165, 1.54) is 0 Å². The second-order valence-corrected chi connectivity index (χ2v) is 7.08. The van der Waals surface area contributed by atoms with Crippen molar-refractivity contribution in [1.29, 1.82) is 0 Å². The van der Waals surface area contributed by atoms with Crippen LogP contribution in [0, 0.1) is 0 Å². The van der Waals surface area contributed by atoms with Crippen LogP contribution in [0.5, 0.6) is 0 Å². The Bertz CT molecular complexity index is 1370. The number of hydrogen-bond donors (Lipinski definition) is 1. The van der Waals surface area contributed by atoms with Crippen molar-refractivity contribution in [3.05, 3.63) is 98.3 Å². The molecule has 2 aromatic carbocycles. The highest BCUT2D eigenvalue weighted by molar-refractivity contribution is 6.16. The van der Waals surface area contributed by atoms with Crippen molar-refractivity contribution in [2.75, 3.05) is 0 Å². The highest BCUT2D eigenvalue weighted by Gasteiger charge is 2.26. The second-order valence-electron chi connectivity index (χ2n) is 7.08. The molecule has 0 atom stereocenters. The van der Waals surface area contributed by atoms with Gasteiger partial charge in [0.05, 0.1) is 10.9 Å². The van der Waals surface area contributed by atoms with Crippen LogP contribution in [0.4, 0.5) is 0 Å². The lowest BCUT2D eigenvalue weighted by Gasteiger charge is -2.13. The van der Waals surface area contributed by atoms with Gasteiger partial charge < -0.3 is 4.98 Å². The molecule has 0 spiro atoms. The fourth-order valence-corrected chi connectivity index (χ4v) is 3.98. The summed E-state index contributed by atoms with van der Waals surface area (Å²) >= 11 is 0. The molecule has 2 aromatic heterocycles. The van der Waals surface area contributed by atoms with Crippen molar-refractivity contribution in [1.82, 2.24) is 14.5 Å². The summed E-state index contributed by atoms with van der Waals surface area (Å²) in [5, 5.41) is 0.278. The van der Waals surface area contributed by atoms with Gasteiger partial charge in [-0.15, -0.1) is 0 Å². The van der Waals surface area contributed by atoms with E-state index in [4.69, 9.17) is 0 Å². The maximum absolute atomic E-state index is 13.3. The number of H-pyrrole nitrogens is 1. The predicted octanol–water partition coefficient (Wildman–Crippen LogP) is 2.93. The zero-order valence-electron chi connectivity index (χ0n) is 15.5. The molecule has 0 aliphatic carbocycles. The molecule has 29 heavy (non-hydrogen) atoms. The lowest BCUT2D eigenvalue weighted by atomic mass is 9.93. The molecule has 1 aliphatic heterocycles. The molecule has 0 saturated carbocycles. The number of nitrogens with zero attached hydrogens (tertiary/aromatic N) is 2. The molecule has 0 radical (unpaired) electrons. The molecule has 0 unspecified atom stereocenters. The zero-order chi connectivity index (χ0) is 20.0. The fourth-order valence-electron chi connectivity index (χ4n) is 3.98. The van der Waals surface area contributed by atoms with Gasteiger partial charge in [0.2, 0.25) is 0 Å². The second kappa shape index (κ2) is 6.67. The first kappa shape index (κ1) is 17.3. The van der Waals surface area contributed by atoms with Crippen molar-refractivity contribution in [3.63, 3.8) is 0 Å². The van der Waals surface area contributed by atoms with E-state index in [0.29, 0.717) is 35.5 Å². The molecule has 1 aliphatic rings. The number of nitrogens with one attached hydrogen (secondary N) is 1. The van der Waals surface area contributed by atoms with Crippen molar-refractivity contribution in [2.45, 2.75) is 19.4 Å². The quantitative estimate of drug-likeness (QED) is 0.551. The molecule has 6 heteroatoms. The molecule has 0 fully saturated rings. The number of benzene rings is 2. The van der Waals surface area contributed by atoms with Gasteiger partial charge in [0.15, 0.2) is 5.78 Å². The number of rotatable bonds is 3. The number of aromatic amines is 1. The van der Waals surface area contributed by atoms with Gasteiger partial charge in [-0.2, -0.15) is 0 Å². The van der Waals surface area contributed by atoms with Gasteiger partial charge in [0.1, 0.15) is 11.5 Å². The van der Waals surface area contributed by atoms with E-state index < -0.39 is 11.3 Å². The Morgan fingerprint density at radius 2 is 1.66 bits per heavy atom. The fraction of sp³-hybridized carbons (Fsp3) is 0.130. The Kier molecular flexibility index (Phi) is 3.98. The molecule has 142 valence electrons.